The normalized spacial score (nSPS) is 18.8. The van der Waals surface area contributed by atoms with Crippen molar-refractivity contribution in [3.63, 3.8) is 0 Å². The lowest BCUT2D eigenvalue weighted by Crippen LogP contribution is -2.53. The van der Waals surface area contributed by atoms with Crippen LogP contribution in [0.2, 0.25) is 0 Å². The second-order valence-electron chi connectivity index (χ2n) is 7.85. The number of hydrogen-bond donors (Lipinski definition) is 2. The minimum absolute atomic E-state index is 0.0836. The minimum atomic E-state index is -0.530. The fourth-order valence-corrected chi connectivity index (χ4v) is 3.79. The van der Waals surface area contributed by atoms with Crippen LogP contribution < -0.4 is 16.0 Å². The van der Waals surface area contributed by atoms with Crippen LogP contribution >= 0.6 is 0 Å². The van der Waals surface area contributed by atoms with Crippen LogP contribution in [0.5, 0.6) is 0 Å². The minimum Gasteiger partial charge on any atom is -0.376 e. The Labute approximate surface area is 176 Å². The van der Waals surface area contributed by atoms with E-state index < -0.39 is 5.91 Å². The number of nitrogens with one attached hydrogen (secondary N) is 1. The highest BCUT2D eigenvalue weighted by Crippen LogP contribution is 2.28. The quantitative estimate of drug-likeness (QED) is 0.651. The predicted molar refractivity (Wildman–Crippen MR) is 116 cm³/mol. The van der Waals surface area contributed by atoms with E-state index in [1.807, 2.05) is 24.3 Å². The van der Waals surface area contributed by atoms with Gasteiger partial charge in [0.05, 0.1) is 24.5 Å². The first-order valence-corrected chi connectivity index (χ1v) is 10.3. The molecule has 2 aromatic rings. The number of ketones is 1. The molecule has 2 aliphatic heterocycles. The van der Waals surface area contributed by atoms with Crippen LogP contribution in [0.3, 0.4) is 0 Å². The number of anilines is 3. The molecule has 0 aliphatic carbocycles. The van der Waals surface area contributed by atoms with Crippen LogP contribution in [-0.4, -0.2) is 50.2 Å². The van der Waals surface area contributed by atoms with Gasteiger partial charge in [0, 0.05) is 42.2 Å². The van der Waals surface area contributed by atoms with Gasteiger partial charge in [0.25, 0.3) is 0 Å². The first-order chi connectivity index (χ1) is 14.5. The number of amides is 1. The van der Waals surface area contributed by atoms with Gasteiger partial charge in [-0.2, -0.15) is 0 Å². The van der Waals surface area contributed by atoms with Gasteiger partial charge in [0.15, 0.2) is 5.78 Å². The van der Waals surface area contributed by atoms with Crippen LogP contribution in [0.1, 0.15) is 40.5 Å². The Hall–Kier alpha value is -2.90. The second kappa shape index (κ2) is 8.85. The molecule has 0 bridgehead atoms. The number of nitrogens with zero attached hydrogens (tertiary/aromatic N) is 1. The van der Waals surface area contributed by atoms with Gasteiger partial charge >= 0.3 is 0 Å². The lowest BCUT2D eigenvalue weighted by atomic mass is 10.0. The summed E-state index contributed by atoms with van der Waals surface area (Å²) in [5, 5.41) is 3.23. The van der Waals surface area contributed by atoms with Crippen molar-refractivity contribution >= 4 is 28.8 Å². The summed E-state index contributed by atoms with van der Waals surface area (Å²) in [7, 11) is 0. The van der Waals surface area contributed by atoms with Crippen molar-refractivity contribution in [2.75, 3.05) is 36.5 Å². The maximum atomic E-state index is 11.9. The summed E-state index contributed by atoms with van der Waals surface area (Å²) in [6, 6.07) is 12.8. The molecule has 158 valence electrons. The van der Waals surface area contributed by atoms with Crippen molar-refractivity contribution in [3.05, 3.63) is 53.6 Å². The van der Waals surface area contributed by atoms with Crippen molar-refractivity contribution in [2.24, 2.45) is 5.73 Å². The summed E-state index contributed by atoms with van der Waals surface area (Å²) in [4.78, 5) is 25.7. The molecule has 1 unspecified atom stereocenters. The molecular formula is C23H27N3O4. The van der Waals surface area contributed by atoms with Gasteiger partial charge in [-0.3, -0.25) is 9.59 Å². The molecule has 0 radical (unpaired) electrons. The van der Waals surface area contributed by atoms with Crippen molar-refractivity contribution in [2.45, 2.75) is 32.0 Å². The molecular weight excluding hydrogens is 382 g/mol. The van der Waals surface area contributed by atoms with Crippen LogP contribution in [0.4, 0.5) is 17.1 Å². The molecule has 2 fully saturated rings. The van der Waals surface area contributed by atoms with Gasteiger partial charge in [-0.05, 0) is 62.2 Å². The van der Waals surface area contributed by atoms with Gasteiger partial charge in [0.2, 0.25) is 5.91 Å². The number of benzene rings is 2. The first kappa shape index (κ1) is 20.4. The molecule has 7 nitrogen and oxygen atoms in total. The topological polar surface area (TPSA) is 93.9 Å². The molecule has 2 heterocycles. The highest BCUT2D eigenvalue weighted by atomic mass is 16.5. The third kappa shape index (κ3) is 4.63. The lowest BCUT2D eigenvalue weighted by Gasteiger charge is -2.41. The van der Waals surface area contributed by atoms with E-state index in [1.165, 1.54) is 6.92 Å². The standard InChI is InChI=1S/C23H27N3O4/c1-15(27)21-9-4-16(23(24)28)11-22(21)25-17-5-7-18(8-6-17)26-12-20(13-26)30-14-19-3-2-10-29-19/h4-9,11,19-20,25H,2-3,10,12-14H2,1H3,(H2,24,28). The zero-order chi connectivity index (χ0) is 21.1. The van der Waals surface area contributed by atoms with E-state index in [9.17, 15) is 9.59 Å². The molecule has 1 amide bonds. The Morgan fingerprint density at radius 1 is 1.20 bits per heavy atom. The summed E-state index contributed by atoms with van der Waals surface area (Å²) < 4.78 is 11.5. The van der Waals surface area contributed by atoms with Crippen molar-refractivity contribution in [1.29, 1.82) is 0 Å². The van der Waals surface area contributed by atoms with E-state index in [1.54, 1.807) is 18.2 Å². The van der Waals surface area contributed by atoms with E-state index in [4.69, 9.17) is 15.2 Å². The average molecular weight is 409 g/mol. The number of rotatable bonds is 8. The van der Waals surface area contributed by atoms with Crippen LogP contribution in [0.25, 0.3) is 0 Å². The maximum absolute atomic E-state index is 11.9. The number of hydrogen-bond acceptors (Lipinski definition) is 6. The zero-order valence-electron chi connectivity index (χ0n) is 17.1. The molecule has 2 aliphatic rings. The third-order valence-electron chi connectivity index (χ3n) is 5.58. The predicted octanol–water partition coefficient (Wildman–Crippen LogP) is 3.12. The Morgan fingerprint density at radius 2 is 1.97 bits per heavy atom. The molecule has 2 aromatic carbocycles. The van der Waals surface area contributed by atoms with Crippen LogP contribution in [-0.2, 0) is 9.47 Å². The second-order valence-corrected chi connectivity index (χ2v) is 7.85. The summed E-state index contributed by atoms with van der Waals surface area (Å²) in [5.41, 5.74) is 8.75. The Morgan fingerprint density at radius 3 is 2.60 bits per heavy atom. The Balaban J connectivity index is 1.35. The zero-order valence-corrected chi connectivity index (χ0v) is 17.1. The number of nitrogens with two attached hydrogens (primary N) is 1. The molecule has 7 heteroatoms. The average Bonchev–Trinajstić information content (AvgIpc) is 3.21. The number of carbonyl (C=O) groups is 2. The highest BCUT2D eigenvalue weighted by Gasteiger charge is 2.29. The van der Waals surface area contributed by atoms with Gasteiger partial charge in [0.1, 0.15) is 0 Å². The molecule has 2 saturated heterocycles. The van der Waals surface area contributed by atoms with Gasteiger partial charge in [-0.25, -0.2) is 0 Å². The number of carbonyl (C=O) groups excluding carboxylic acids is 2. The Bertz CT molecular complexity index is 917. The van der Waals surface area contributed by atoms with Gasteiger partial charge in [-0.15, -0.1) is 0 Å². The van der Waals surface area contributed by atoms with E-state index in [0.29, 0.717) is 23.4 Å². The van der Waals surface area contributed by atoms with E-state index in [0.717, 1.165) is 43.9 Å². The largest absolute Gasteiger partial charge is 0.376 e. The molecule has 0 aromatic heterocycles. The van der Waals surface area contributed by atoms with Crippen LogP contribution in [0.15, 0.2) is 42.5 Å². The monoisotopic (exact) mass is 409 g/mol. The molecule has 0 saturated carbocycles. The fraction of sp³-hybridized carbons (Fsp3) is 0.391. The molecule has 3 N–H and O–H groups in total. The van der Waals surface area contributed by atoms with E-state index in [2.05, 4.69) is 10.2 Å². The molecule has 0 spiro atoms. The highest BCUT2D eigenvalue weighted by molar-refractivity contribution is 6.03. The number of Topliss-reactive ketones (excluding diaryl/α,β-unsaturated/α-hetero) is 1. The van der Waals surface area contributed by atoms with Crippen molar-refractivity contribution in [1.82, 2.24) is 0 Å². The first-order valence-electron chi connectivity index (χ1n) is 10.3. The van der Waals surface area contributed by atoms with Crippen molar-refractivity contribution in [3.8, 4) is 0 Å². The van der Waals surface area contributed by atoms with Crippen molar-refractivity contribution < 1.29 is 19.1 Å². The maximum Gasteiger partial charge on any atom is 0.248 e. The summed E-state index contributed by atoms with van der Waals surface area (Å²) >= 11 is 0. The molecule has 30 heavy (non-hydrogen) atoms. The van der Waals surface area contributed by atoms with E-state index in [-0.39, 0.29) is 18.0 Å². The van der Waals surface area contributed by atoms with Gasteiger partial charge in [-0.1, -0.05) is 0 Å². The lowest BCUT2D eigenvalue weighted by molar-refractivity contribution is -0.0295. The number of ether oxygens (including phenoxy) is 2. The summed E-state index contributed by atoms with van der Waals surface area (Å²) in [5.74, 6) is -0.614. The SMILES string of the molecule is CC(=O)c1ccc(C(N)=O)cc1Nc1ccc(N2CC(OCC3CCCO3)C2)cc1. The van der Waals surface area contributed by atoms with E-state index >= 15 is 0 Å². The summed E-state index contributed by atoms with van der Waals surface area (Å²) in [6.45, 7) is 4.77. The Kier molecular flexibility index (Phi) is 6.01. The third-order valence-corrected chi connectivity index (χ3v) is 5.58. The van der Waals surface area contributed by atoms with Crippen LogP contribution in [0, 0.1) is 0 Å². The molecule has 1 atom stereocenters. The van der Waals surface area contributed by atoms with Gasteiger partial charge < -0.3 is 25.4 Å². The molecule has 4 rings (SSSR count). The smallest absolute Gasteiger partial charge is 0.248 e. The summed E-state index contributed by atoms with van der Waals surface area (Å²) in [6.07, 6.45) is 2.74. The fourth-order valence-electron chi connectivity index (χ4n) is 3.79. The number of primary amides is 1.